The smallest absolute Gasteiger partial charge is 0.336 e. The number of benzene rings is 3. The van der Waals surface area contributed by atoms with Crippen LogP contribution in [0.3, 0.4) is 0 Å². The van der Waals surface area contributed by atoms with Crippen LogP contribution < -0.4 is 0 Å². The fourth-order valence-corrected chi connectivity index (χ4v) is 4.48. The van der Waals surface area contributed by atoms with Gasteiger partial charge < -0.3 is 10.2 Å². The minimum absolute atomic E-state index is 0.211. The molecule has 0 bridgehead atoms. The Morgan fingerprint density at radius 1 is 0.844 bits per heavy atom. The molecule has 3 rings (SSSR count). The second-order valence-electron chi connectivity index (χ2n) is 8.63. The van der Waals surface area contributed by atoms with E-state index in [2.05, 4.69) is 26.8 Å². The van der Waals surface area contributed by atoms with Crippen molar-refractivity contribution in [2.45, 2.75) is 47.0 Å². The van der Waals surface area contributed by atoms with Crippen molar-refractivity contribution >= 4 is 11.9 Å². The molecule has 0 saturated heterocycles. The Balaban J connectivity index is 2.54. The van der Waals surface area contributed by atoms with E-state index in [0.717, 1.165) is 41.5 Å². The molecule has 2 N–H and O–H groups in total. The number of carbonyl (C=O) groups is 2. The molecule has 3 aromatic carbocycles. The summed E-state index contributed by atoms with van der Waals surface area (Å²) < 4.78 is 0. The summed E-state index contributed by atoms with van der Waals surface area (Å²) in [6, 6.07) is 16.1. The van der Waals surface area contributed by atoms with Crippen LogP contribution >= 0.6 is 0 Å². The van der Waals surface area contributed by atoms with E-state index < -0.39 is 11.9 Å². The molecule has 0 atom stereocenters. The lowest BCUT2D eigenvalue weighted by molar-refractivity contribution is 0.0686. The first-order chi connectivity index (χ1) is 15.3. The molecule has 0 amide bonds. The molecule has 0 spiro atoms. The highest BCUT2D eigenvalue weighted by Crippen LogP contribution is 2.43. The SMILES string of the molecule is CCCc1cc(C)c(-c2ccccc2C(=O)O)c(-c2ccccc2C(=O)O)c1CC(C)C. The van der Waals surface area contributed by atoms with Crippen molar-refractivity contribution in [2.75, 3.05) is 0 Å². The van der Waals surface area contributed by atoms with Crippen LogP contribution in [0.25, 0.3) is 22.3 Å². The monoisotopic (exact) mass is 430 g/mol. The van der Waals surface area contributed by atoms with Gasteiger partial charge in [0.05, 0.1) is 11.1 Å². The van der Waals surface area contributed by atoms with Gasteiger partial charge in [-0.1, -0.05) is 69.7 Å². The van der Waals surface area contributed by atoms with Crippen molar-refractivity contribution in [3.63, 3.8) is 0 Å². The van der Waals surface area contributed by atoms with Crippen LogP contribution in [0, 0.1) is 12.8 Å². The number of hydrogen-bond acceptors (Lipinski definition) is 2. The highest BCUT2D eigenvalue weighted by molar-refractivity contribution is 6.04. The van der Waals surface area contributed by atoms with E-state index in [1.54, 1.807) is 24.3 Å². The summed E-state index contributed by atoms with van der Waals surface area (Å²) in [5, 5.41) is 19.8. The summed E-state index contributed by atoms with van der Waals surface area (Å²) in [7, 11) is 0. The summed E-state index contributed by atoms with van der Waals surface area (Å²) in [6.45, 7) is 8.41. The molecule has 0 heterocycles. The number of carboxylic acids is 2. The Morgan fingerprint density at radius 2 is 1.34 bits per heavy atom. The van der Waals surface area contributed by atoms with Gasteiger partial charge in [0.2, 0.25) is 0 Å². The van der Waals surface area contributed by atoms with Crippen molar-refractivity contribution in [3.8, 4) is 22.3 Å². The van der Waals surface area contributed by atoms with Gasteiger partial charge in [-0.05, 0) is 76.8 Å². The maximum atomic E-state index is 12.2. The molecule has 166 valence electrons. The molecule has 4 nitrogen and oxygen atoms in total. The second kappa shape index (κ2) is 9.82. The molecular formula is C28H30O4. The van der Waals surface area contributed by atoms with E-state index >= 15 is 0 Å². The normalized spacial score (nSPS) is 11.0. The Morgan fingerprint density at radius 3 is 1.81 bits per heavy atom. The first-order valence-electron chi connectivity index (χ1n) is 11.1. The zero-order valence-electron chi connectivity index (χ0n) is 19.1. The van der Waals surface area contributed by atoms with Crippen LogP contribution in [0.1, 0.15) is 64.6 Å². The molecule has 0 aliphatic rings. The van der Waals surface area contributed by atoms with E-state index in [0.29, 0.717) is 17.0 Å². The predicted molar refractivity (Wildman–Crippen MR) is 129 cm³/mol. The highest BCUT2D eigenvalue weighted by atomic mass is 16.4. The van der Waals surface area contributed by atoms with E-state index in [1.807, 2.05) is 31.2 Å². The average molecular weight is 431 g/mol. The van der Waals surface area contributed by atoms with Gasteiger partial charge in [-0.2, -0.15) is 0 Å². The number of aryl methyl sites for hydroxylation is 2. The number of carboxylic acid groups (broad SMARTS) is 2. The van der Waals surface area contributed by atoms with Crippen LogP contribution in [0.2, 0.25) is 0 Å². The lowest BCUT2D eigenvalue weighted by atomic mass is 9.79. The third-order valence-corrected chi connectivity index (χ3v) is 5.71. The molecule has 0 aliphatic carbocycles. The average Bonchev–Trinajstić information content (AvgIpc) is 2.75. The van der Waals surface area contributed by atoms with E-state index in [1.165, 1.54) is 5.56 Å². The topological polar surface area (TPSA) is 74.6 Å². The largest absolute Gasteiger partial charge is 0.478 e. The zero-order chi connectivity index (χ0) is 23.4. The molecule has 0 unspecified atom stereocenters. The van der Waals surface area contributed by atoms with Crippen molar-refractivity contribution in [1.82, 2.24) is 0 Å². The Bertz CT molecular complexity index is 1160. The first kappa shape index (κ1) is 23.3. The summed E-state index contributed by atoms with van der Waals surface area (Å²) in [5.74, 6) is -1.64. The van der Waals surface area contributed by atoms with Crippen LogP contribution in [0.4, 0.5) is 0 Å². The maximum absolute atomic E-state index is 12.2. The van der Waals surface area contributed by atoms with Crippen molar-refractivity contribution in [1.29, 1.82) is 0 Å². The molecule has 32 heavy (non-hydrogen) atoms. The summed E-state index contributed by atoms with van der Waals surface area (Å²) in [6.07, 6.45) is 2.63. The van der Waals surface area contributed by atoms with Gasteiger partial charge in [-0.3, -0.25) is 0 Å². The standard InChI is InChI=1S/C28H30O4/c1-5-10-19-16-18(4)25(20-11-6-8-13-22(20)27(29)30)26(24(19)15-17(2)3)21-12-7-9-14-23(21)28(31)32/h6-9,11-14,16-17H,5,10,15H2,1-4H3,(H,29,30)(H,31,32). The molecule has 0 fully saturated rings. The van der Waals surface area contributed by atoms with Crippen LogP contribution in [0.5, 0.6) is 0 Å². The van der Waals surface area contributed by atoms with E-state index in [4.69, 9.17) is 0 Å². The molecule has 0 aliphatic heterocycles. The fourth-order valence-electron chi connectivity index (χ4n) is 4.48. The summed E-state index contributed by atoms with van der Waals surface area (Å²) in [4.78, 5) is 24.2. The van der Waals surface area contributed by atoms with Gasteiger partial charge in [0.1, 0.15) is 0 Å². The van der Waals surface area contributed by atoms with Crippen molar-refractivity contribution in [3.05, 3.63) is 82.4 Å². The third-order valence-electron chi connectivity index (χ3n) is 5.71. The molecule has 3 aromatic rings. The maximum Gasteiger partial charge on any atom is 0.336 e. The van der Waals surface area contributed by atoms with Crippen LogP contribution in [-0.4, -0.2) is 22.2 Å². The zero-order valence-corrected chi connectivity index (χ0v) is 19.1. The molecule has 0 saturated carbocycles. The van der Waals surface area contributed by atoms with E-state index in [9.17, 15) is 19.8 Å². The van der Waals surface area contributed by atoms with Gasteiger partial charge in [0.15, 0.2) is 0 Å². The van der Waals surface area contributed by atoms with Gasteiger partial charge in [-0.15, -0.1) is 0 Å². The molecular weight excluding hydrogens is 400 g/mol. The van der Waals surface area contributed by atoms with Gasteiger partial charge in [-0.25, -0.2) is 9.59 Å². The number of rotatable bonds is 8. The summed E-state index contributed by atoms with van der Waals surface area (Å²) >= 11 is 0. The highest BCUT2D eigenvalue weighted by Gasteiger charge is 2.25. The van der Waals surface area contributed by atoms with Gasteiger partial charge >= 0.3 is 11.9 Å². The molecule has 0 aromatic heterocycles. The number of aromatic carboxylic acids is 2. The lowest BCUT2D eigenvalue weighted by Crippen LogP contribution is -2.09. The fraction of sp³-hybridized carbons (Fsp3) is 0.286. The third kappa shape index (κ3) is 4.59. The minimum atomic E-state index is -1.000. The van der Waals surface area contributed by atoms with Crippen LogP contribution in [0.15, 0.2) is 54.6 Å². The Labute approximate surface area is 189 Å². The molecule has 0 radical (unpaired) electrons. The number of hydrogen-bond donors (Lipinski definition) is 2. The quantitative estimate of drug-likeness (QED) is 0.409. The van der Waals surface area contributed by atoms with Crippen molar-refractivity contribution < 1.29 is 19.8 Å². The van der Waals surface area contributed by atoms with Crippen molar-refractivity contribution in [2.24, 2.45) is 5.92 Å². The predicted octanol–water partition coefficient (Wildman–Crippen LogP) is 6.88. The van der Waals surface area contributed by atoms with Gasteiger partial charge in [0.25, 0.3) is 0 Å². The summed E-state index contributed by atoms with van der Waals surface area (Å²) in [5.41, 5.74) is 6.57. The first-order valence-corrected chi connectivity index (χ1v) is 11.1. The Hall–Kier alpha value is -3.40. The van der Waals surface area contributed by atoms with E-state index in [-0.39, 0.29) is 11.1 Å². The minimum Gasteiger partial charge on any atom is -0.478 e. The Kier molecular flexibility index (Phi) is 7.14. The van der Waals surface area contributed by atoms with Crippen LogP contribution in [-0.2, 0) is 12.8 Å². The second-order valence-corrected chi connectivity index (χ2v) is 8.63. The molecule has 4 heteroatoms. The van der Waals surface area contributed by atoms with Gasteiger partial charge in [0, 0.05) is 0 Å². The lowest BCUT2D eigenvalue weighted by Gasteiger charge is -2.24.